The minimum absolute atomic E-state index is 0. The molecule has 0 radical (unpaired) electrons. The van der Waals surface area contributed by atoms with Crippen molar-refractivity contribution in [3.63, 3.8) is 0 Å². The van der Waals surface area contributed by atoms with Crippen LogP contribution in [-0.4, -0.2) is 3.21 Å². The van der Waals surface area contributed by atoms with Crippen LogP contribution in [0.15, 0.2) is 123 Å². The van der Waals surface area contributed by atoms with Crippen LogP contribution in [0.3, 0.4) is 0 Å². The van der Waals surface area contributed by atoms with Crippen molar-refractivity contribution in [2.24, 2.45) is 49.2 Å². The molecular weight excluding hydrogens is 727 g/mol. The molecule has 0 bridgehead atoms. The van der Waals surface area contributed by atoms with Crippen LogP contribution in [0, 0.1) is 49.2 Å². The molecule has 1 aromatic carbocycles. The van der Waals surface area contributed by atoms with Gasteiger partial charge in [0.1, 0.15) is 0 Å². The largest absolute Gasteiger partial charge is 1.00 e. The molecule has 0 amide bonds. The summed E-state index contributed by atoms with van der Waals surface area (Å²) in [6.45, 7) is 33.7. The van der Waals surface area contributed by atoms with E-state index in [1.807, 2.05) is 3.28 Å². The fourth-order valence-electron chi connectivity index (χ4n) is 13.2. The Morgan fingerprint density at radius 2 is 1.24 bits per heavy atom. The molecule has 2 fully saturated rings. The van der Waals surface area contributed by atoms with E-state index < -0.39 is 21.3 Å². The van der Waals surface area contributed by atoms with Crippen molar-refractivity contribution < 1.29 is 46.1 Å². The summed E-state index contributed by atoms with van der Waals surface area (Å²) in [5.74, 6) is 0.461. The van der Waals surface area contributed by atoms with Crippen LogP contribution < -0.4 is 24.8 Å². The number of fused-ring (bicyclic) bond motifs is 8. The summed E-state index contributed by atoms with van der Waals surface area (Å²) in [6, 6.07) is 11.6. The first-order valence-electron chi connectivity index (χ1n) is 18.6. The third-order valence-corrected chi connectivity index (χ3v) is 26.5. The molecule has 6 aliphatic carbocycles. The third-order valence-electron chi connectivity index (χ3n) is 16.9. The van der Waals surface area contributed by atoms with Gasteiger partial charge in [0.05, 0.1) is 0 Å². The van der Waals surface area contributed by atoms with Gasteiger partial charge in [-0.2, -0.15) is 0 Å². The summed E-state index contributed by atoms with van der Waals surface area (Å²) in [5.41, 5.74) is 6.02. The molecular formula is C47H60Cl2Zr. The quantitative estimate of drug-likeness (QED) is 0.319. The molecule has 0 heterocycles. The van der Waals surface area contributed by atoms with Crippen molar-refractivity contribution in [2.45, 2.75) is 100 Å². The zero-order valence-electron chi connectivity index (χ0n) is 32.9. The maximum Gasteiger partial charge on any atom is -1.00 e. The Hall–Kier alpha value is -1.53. The number of rotatable bonds is 3. The van der Waals surface area contributed by atoms with Crippen molar-refractivity contribution in [1.82, 2.24) is 0 Å². The van der Waals surface area contributed by atoms with Gasteiger partial charge in [0.25, 0.3) is 0 Å². The van der Waals surface area contributed by atoms with Crippen molar-refractivity contribution in [2.75, 3.05) is 0 Å². The molecule has 0 aliphatic heterocycles. The third kappa shape index (κ3) is 4.30. The molecule has 2 saturated carbocycles. The van der Waals surface area contributed by atoms with Crippen LogP contribution in [0.2, 0.25) is 3.63 Å². The van der Waals surface area contributed by atoms with Gasteiger partial charge in [-0.05, 0) is 0 Å². The van der Waals surface area contributed by atoms with Gasteiger partial charge in [-0.25, -0.2) is 0 Å². The second kappa shape index (κ2) is 12.3. The zero-order chi connectivity index (χ0) is 34.9. The Balaban J connectivity index is 0.00000243. The Bertz CT molecular complexity index is 1870. The van der Waals surface area contributed by atoms with Crippen LogP contribution >= 0.6 is 0 Å². The molecule has 0 N–H and O–H groups in total. The first-order valence-corrected chi connectivity index (χ1v) is 22.5. The second-order valence-corrected chi connectivity index (χ2v) is 25.6. The number of hydrogen-bond acceptors (Lipinski definition) is 0. The standard InChI is InChI=1S/C29H37.C10H15.C8H8.2ClH.Zr/c1-21-14-13-15-22-20-27(6)25(4)18-10-9-16-23(25,2)24(3)17-11-12-19-26(24,5)29(27,8)28(21,22)7;1-8-5-6-9(7-8)10(2,3)4;1-2-8-6-4-3-5-7-8;;;/h9-20,22H,1-8H3;7H,6H2,1-4H3;3-7H,1H3;2*1H;/q;;;;;+2/p-2. The summed E-state index contributed by atoms with van der Waals surface area (Å²) in [6.07, 6.45) is 31.6. The number of halogens is 2. The van der Waals surface area contributed by atoms with Crippen LogP contribution in [0.5, 0.6) is 0 Å². The predicted molar refractivity (Wildman–Crippen MR) is 205 cm³/mol. The molecule has 266 valence electrons. The van der Waals surface area contributed by atoms with Gasteiger partial charge in [0, 0.05) is 0 Å². The van der Waals surface area contributed by atoms with E-state index in [4.69, 9.17) is 0 Å². The average molecular weight is 787 g/mol. The molecule has 3 heteroatoms. The Morgan fingerprint density at radius 1 is 0.720 bits per heavy atom. The van der Waals surface area contributed by atoms with E-state index in [1.54, 1.807) is 19.9 Å². The van der Waals surface area contributed by atoms with Gasteiger partial charge in [0.15, 0.2) is 0 Å². The van der Waals surface area contributed by atoms with Gasteiger partial charge >= 0.3 is 303 Å². The minimum Gasteiger partial charge on any atom is -1.00 e. The molecule has 0 nitrogen and oxygen atoms in total. The molecule has 0 aromatic heterocycles. The van der Waals surface area contributed by atoms with E-state index in [0.29, 0.717) is 9.54 Å². The number of allylic oxidation sites excluding steroid dienone is 16. The van der Waals surface area contributed by atoms with E-state index in [1.165, 1.54) is 5.56 Å². The summed E-state index contributed by atoms with van der Waals surface area (Å²) < 4.78 is 4.14. The maximum absolute atomic E-state index is 2.82. The van der Waals surface area contributed by atoms with Crippen LogP contribution in [0.4, 0.5) is 0 Å². The van der Waals surface area contributed by atoms with Gasteiger partial charge in [-0.15, -0.1) is 0 Å². The molecule has 9 atom stereocenters. The normalized spacial score (nSPS) is 42.4. The van der Waals surface area contributed by atoms with E-state index in [-0.39, 0.29) is 68.1 Å². The molecule has 9 unspecified atom stereocenters. The van der Waals surface area contributed by atoms with Crippen LogP contribution in [-0.2, 0) is 21.3 Å². The second-order valence-electron chi connectivity index (χ2n) is 18.7. The van der Waals surface area contributed by atoms with Crippen molar-refractivity contribution in [1.29, 1.82) is 0 Å². The van der Waals surface area contributed by atoms with Crippen molar-refractivity contribution >= 4 is 3.21 Å². The Morgan fingerprint density at radius 3 is 1.78 bits per heavy atom. The Kier molecular flexibility index (Phi) is 9.72. The molecule has 50 heavy (non-hydrogen) atoms. The van der Waals surface area contributed by atoms with E-state index in [0.717, 1.165) is 6.42 Å². The molecule has 7 rings (SSSR count). The fraction of sp³-hybridized carbons (Fsp3) is 0.511. The minimum atomic E-state index is -2.78. The van der Waals surface area contributed by atoms with Crippen LogP contribution in [0.25, 0.3) is 0 Å². The topological polar surface area (TPSA) is 0 Å². The monoisotopic (exact) mass is 784 g/mol. The first-order chi connectivity index (χ1) is 22.3. The molecule has 1 aromatic rings. The van der Waals surface area contributed by atoms with E-state index in [9.17, 15) is 0 Å². The molecule has 0 saturated heterocycles. The summed E-state index contributed by atoms with van der Waals surface area (Å²) in [5, 5.41) is 0. The molecule has 0 spiro atoms. The SMILES string of the molecule is CC1=CC=CC2[CH](/[Zr+2]([C]3=C(C)C=C(C(C)(C)C)C3)=[C](/C)c3ccccc3)C3(C)C4(C)C=CC=CC4(C)C4(C)C=CC=CC4(C)C3(C)C12C.[Cl-].[Cl-]. The average Bonchev–Trinajstić information content (AvgIpc) is 3.51. The van der Waals surface area contributed by atoms with Crippen molar-refractivity contribution in [3.05, 3.63) is 129 Å². The van der Waals surface area contributed by atoms with Crippen molar-refractivity contribution in [3.8, 4) is 0 Å². The zero-order valence-corrected chi connectivity index (χ0v) is 36.9. The van der Waals surface area contributed by atoms with Gasteiger partial charge in [-0.3, -0.25) is 0 Å². The first kappa shape index (κ1) is 39.7. The Labute approximate surface area is 325 Å². The van der Waals surface area contributed by atoms with Gasteiger partial charge in [0.2, 0.25) is 0 Å². The van der Waals surface area contributed by atoms with E-state index >= 15 is 0 Å². The number of hydrogen-bond donors (Lipinski definition) is 0. The van der Waals surface area contributed by atoms with E-state index in [2.05, 4.69) is 193 Å². The predicted octanol–water partition coefficient (Wildman–Crippen LogP) is 6.75. The molecule has 6 aliphatic rings. The van der Waals surface area contributed by atoms with Gasteiger partial charge in [-0.1, -0.05) is 0 Å². The maximum atomic E-state index is 2.82. The summed E-state index contributed by atoms with van der Waals surface area (Å²) in [7, 11) is 0. The van der Waals surface area contributed by atoms with Crippen LogP contribution in [0.1, 0.15) is 102 Å². The smallest absolute Gasteiger partial charge is 1.00 e. The number of benzene rings is 1. The van der Waals surface area contributed by atoms with Gasteiger partial charge < -0.3 is 24.8 Å². The summed E-state index contributed by atoms with van der Waals surface area (Å²) in [4.78, 5) is 0. The summed E-state index contributed by atoms with van der Waals surface area (Å²) >= 11 is -2.78. The fourth-order valence-corrected chi connectivity index (χ4v) is 24.6.